The van der Waals surface area contributed by atoms with Crippen LogP contribution in [-0.2, 0) is 18.3 Å². The number of fused-ring (bicyclic) bond motifs is 2. The molecular weight excluding hydrogens is 348 g/mol. The van der Waals surface area contributed by atoms with Gasteiger partial charge in [-0.05, 0) is 60.5 Å². The molecule has 0 bridgehead atoms. The van der Waals surface area contributed by atoms with Crippen molar-refractivity contribution in [3.8, 4) is 6.07 Å². The second kappa shape index (κ2) is 6.90. The van der Waals surface area contributed by atoms with Crippen molar-refractivity contribution in [2.75, 3.05) is 0 Å². The fourth-order valence-electron chi connectivity index (χ4n) is 3.59. The molecule has 1 unspecified atom stereocenters. The average molecular weight is 368 g/mol. The molecule has 4 rings (SSSR count). The standard InChI is InChI=1S/C23H20N4O/c1-3-16-11-17-5-6-18(12-20(17)27-22(16)28)23(2,14-24)13-15-4-7-19-21(10-15)26-9-8-25-19/h4-12H,3,13H2,1-2H3,(H,27,28). The molecule has 1 atom stereocenters. The largest absolute Gasteiger partial charge is 0.322 e. The van der Waals surface area contributed by atoms with Crippen molar-refractivity contribution in [2.45, 2.75) is 32.1 Å². The van der Waals surface area contributed by atoms with E-state index in [1.165, 1.54) is 0 Å². The lowest BCUT2D eigenvalue weighted by atomic mass is 9.78. The maximum Gasteiger partial charge on any atom is 0.251 e. The quantitative estimate of drug-likeness (QED) is 0.589. The van der Waals surface area contributed by atoms with E-state index < -0.39 is 5.41 Å². The summed E-state index contributed by atoms with van der Waals surface area (Å²) in [6, 6.07) is 16.2. The van der Waals surface area contributed by atoms with Crippen LogP contribution in [0.15, 0.2) is 59.7 Å². The third-order valence-electron chi connectivity index (χ3n) is 5.28. The number of nitrogens with one attached hydrogen (secondary N) is 1. The Morgan fingerprint density at radius 2 is 1.86 bits per heavy atom. The third kappa shape index (κ3) is 3.14. The zero-order valence-electron chi connectivity index (χ0n) is 15.9. The molecule has 2 aromatic heterocycles. The molecule has 0 saturated carbocycles. The Morgan fingerprint density at radius 3 is 2.61 bits per heavy atom. The SMILES string of the molecule is CCc1cc2ccc(C(C)(C#N)Cc3ccc4nccnc4c3)cc2[nH]c1=O. The lowest BCUT2D eigenvalue weighted by Gasteiger charge is -2.23. The van der Waals surface area contributed by atoms with Crippen molar-refractivity contribution in [2.24, 2.45) is 0 Å². The number of aryl methyl sites for hydroxylation is 1. The predicted octanol–water partition coefficient (Wildman–Crippen LogP) is 4.06. The Balaban J connectivity index is 1.75. The van der Waals surface area contributed by atoms with Gasteiger partial charge in [-0.15, -0.1) is 0 Å². The maximum atomic E-state index is 12.2. The van der Waals surface area contributed by atoms with Crippen LogP contribution in [0.3, 0.4) is 0 Å². The van der Waals surface area contributed by atoms with Gasteiger partial charge in [0.1, 0.15) is 0 Å². The molecule has 28 heavy (non-hydrogen) atoms. The van der Waals surface area contributed by atoms with Gasteiger partial charge in [0, 0.05) is 23.5 Å². The van der Waals surface area contributed by atoms with Crippen LogP contribution in [0.1, 0.15) is 30.5 Å². The number of aromatic amines is 1. The molecule has 0 fully saturated rings. The second-order valence-corrected chi connectivity index (χ2v) is 7.28. The topological polar surface area (TPSA) is 82.4 Å². The third-order valence-corrected chi connectivity index (χ3v) is 5.28. The minimum Gasteiger partial charge on any atom is -0.322 e. The highest BCUT2D eigenvalue weighted by Gasteiger charge is 2.27. The summed E-state index contributed by atoms with van der Waals surface area (Å²) in [5.74, 6) is 0. The van der Waals surface area contributed by atoms with Gasteiger partial charge in [-0.3, -0.25) is 14.8 Å². The van der Waals surface area contributed by atoms with Crippen LogP contribution in [0.2, 0.25) is 0 Å². The molecule has 138 valence electrons. The maximum absolute atomic E-state index is 12.2. The van der Waals surface area contributed by atoms with Gasteiger partial charge in [-0.1, -0.05) is 25.1 Å². The fraction of sp³-hybridized carbons (Fsp3) is 0.217. The Morgan fingerprint density at radius 1 is 1.07 bits per heavy atom. The zero-order chi connectivity index (χ0) is 19.7. The van der Waals surface area contributed by atoms with E-state index in [9.17, 15) is 10.1 Å². The zero-order valence-corrected chi connectivity index (χ0v) is 15.9. The molecule has 0 aliphatic rings. The van der Waals surface area contributed by atoms with Gasteiger partial charge in [0.05, 0.1) is 22.5 Å². The number of nitriles is 1. The van der Waals surface area contributed by atoms with Crippen molar-refractivity contribution in [3.63, 3.8) is 0 Å². The Labute approximate surface area is 162 Å². The lowest BCUT2D eigenvalue weighted by molar-refractivity contribution is 0.607. The highest BCUT2D eigenvalue weighted by Crippen LogP contribution is 2.30. The second-order valence-electron chi connectivity index (χ2n) is 7.28. The molecule has 0 aliphatic heterocycles. The number of hydrogen-bond donors (Lipinski definition) is 1. The molecule has 0 radical (unpaired) electrons. The van der Waals surface area contributed by atoms with E-state index in [4.69, 9.17) is 0 Å². The fourth-order valence-corrected chi connectivity index (χ4v) is 3.59. The van der Waals surface area contributed by atoms with Crippen molar-refractivity contribution in [1.82, 2.24) is 15.0 Å². The average Bonchev–Trinajstić information content (AvgIpc) is 2.72. The van der Waals surface area contributed by atoms with E-state index in [-0.39, 0.29) is 5.56 Å². The van der Waals surface area contributed by atoms with Crippen LogP contribution in [0.4, 0.5) is 0 Å². The molecule has 0 saturated heterocycles. The van der Waals surface area contributed by atoms with Gasteiger partial charge in [0.25, 0.3) is 5.56 Å². The molecule has 5 nitrogen and oxygen atoms in total. The van der Waals surface area contributed by atoms with Crippen LogP contribution >= 0.6 is 0 Å². The first-order valence-electron chi connectivity index (χ1n) is 9.30. The van der Waals surface area contributed by atoms with E-state index in [0.29, 0.717) is 12.8 Å². The van der Waals surface area contributed by atoms with E-state index >= 15 is 0 Å². The summed E-state index contributed by atoms with van der Waals surface area (Å²) in [4.78, 5) is 23.8. The van der Waals surface area contributed by atoms with Gasteiger partial charge < -0.3 is 4.98 Å². The summed E-state index contributed by atoms with van der Waals surface area (Å²) < 4.78 is 0. The highest BCUT2D eigenvalue weighted by molar-refractivity contribution is 5.80. The van der Waals surface area contributed by atoms with Crippen LogP contribution in [0, 0.1) is 11.3 Å². The van der Waals surface area contributed by atoms with Gasteiger partial charge in [-0.25, -0.2) is 0 Å². The molecule has 2 aromatic carbocycles. The number of hydrogen-bond acceptors (Lipinski definition) is 4. The van der Waals surface area contributed by atoms with Crippen LogP contribution in [0.5, 0.6) is 0 Å². The van der Waals surface area contributed by atoms with Gasteiger partial charge >= 0.3 is 0 Å². The predicted molar refractivity (Wildman–Crippen MR) is 110 cm³/mol. The summed E-state index contributed by atoms with van der Waals surface area (Å²) in [6.45, 7) is 3.89. The minimum absolute atomic E-state index is 0.0704. The molecule has 0 amide bonds. The number of benzene rings is 2. The first kappa shape index (κ1) is 17.9. The van der Waals surface area contributed by atoms with Crippen LogP contribution < -0.4 is 5.56 Å². The molecule has 4 aromatic rings. The molecule has 1 N–H and O–H groups in total. The van der Waals surface area contributed by atoms with Gasteiger partial charge in [0.2, 0.25) is 0 Å². The van der Waals surface area contributed by atoms with Gasteiger partial charge in [-0.2, -0.15) is 5.26 Å². The smallest absolute Gasteiger partial charge is 0.251 e. The van der Waals surface area contributed by atoms with Crippen molar-refractivity contribution < 1.29 is 0 Å². The summed E-state index contributed by atoms with van der Waals surface area (Å²) in [7, 11) is 0. The van der Waals surface area contributed by atoms with E-state index in [2.05, 4.69) is 21.0 Å². The first-order valence-corrected chi connectivity index (χ1v) is 9.30. The molecule has 0 aliphatic carbocycles. The highest BCUT2D eigenvalue weighted by atomic mass is 16.1. The summed E-state index contributed by atoms with van der Waals surface area (Å²) >= 11 is 0. The number of pyridine rings is 1. The number of rotatable bonds is 4. The van der Waals surface area contributed by atoms with Crippen molar-refractivity contribution in [1.29, 1.82) is 5.26 Å². The summed E-state index contributed by atoms with van der Waals surface area (Å²) in [5, 5.41) is 10.9. The Kier molecular flexibility index (Phi) is 4.40. The monoisotopic (exact) mass is 368 g/mol. The Bertz CT molecular complexity index is 1290. The lowest BCUT2D eigenvalue weighted by Crippen LogP contribution is -2.23. The van der Waals surface area contributed by atoms with Crippen LogP contribution in [-0.4, -0.2) is 15.0 Å². The molecule has 0 spiro atoms. The molecule has 2 heterocycles. The van der Waals surface area contributed by atoms with Gasteiger partial charge in [0.15, 0.2) is 0 Å². The number of H-pyrrole nitrogens is 1. The normalized spacial score (nSPS) is 13.3. The molecule has 5 heteroatoms. The number of nitrogens with zero attached hydrogens (tertiary/aromatic N) is 3. The first-order chi connectivity index (χ1) is 13.5. The van der Waals surface area contributed by atoms with E-state index in [1.54, 1.807) is 12.4 Å². The van der Waals surface area contributed by atoms with E-state index in [0.717, 1.165) is 38.6 Å². The summed E-state index contributed by atoms with van der Waals surface area (Å²) in [5.41, 5.74) is 4.26. The summed E-state index contributed by atoms with van der Waals surface area (Å²) in [6.07, 6.45) is 4.56. The van der Waals surface area contributed by atoms with E-state index in [1.807, 2.05) is 56.3 Å². The van der Waals surface area contributed by atoms with Crippen LogP contribution in [0.25, 0.3) is 21.9 Å². The number of aromatic nitrogens is 3. The van der Waals surface area contributed by atoms with Crippen molar-refractivity contribution >= 4 is 21.9 Å². The van der Waals surface area contributed by atoms with Crippen molar-refractivity contribution in [3.05, 3.63) is 81.9 Å². The minimum atomic E-state index is -0.732. The molecular formula is C23H20N4O. The Hall–Kier alpha value is -3.52.